The van der Waals surface area contributed by atoms with E-state index in [1.807, 2.05) is 0 Å². The van der Waals surface area contributed by atoms with Crippen molar-refractivity contribution in [3.63, 3.8) is 0 Å². The quantitative estimate of drug-likeness (QED) is 0.864. The molecule has 0 bridgehead atoms. The van der Waals surface area contributed by atoms with E-state index < -0.39 is 0 Å². The second-order valence-electron chi connectivity index (χ2n) is 6.00. The van der Waals surface area contributed by atoms with Crippen molar-refractivity contribution >= 4 is 0 Å². The van der Waals surface area contributed by atoms with Gasteiger partial charge in [0.1, 0.15) is 0 Å². The molecule has 1 unspecified atom stereocenters. The Morgan fingerprint density at radius 3 is 2.20 bits per heavy atom. The van der Waals surface area contributed by atoms with Crippen LogP contribution in [0, 0.1) is 0 Å². The van der Waals surface area contributed by atoms with Gasteiger partial charge >= 0.3 is 0 Å². The molecule has 2 rings (SSSR count). The van der Waals surface area contributed by atoms with Crippen LogP contribution in [0.15, 0.2) is 24.3 Å². The number of nitrogens with zero attached hydrogens (tertiary/aromatic N) is 2. The smallest absolute Gasteiger partial charge is 0.0234 e. The summed E-state index contributed by atoms with van der Waals surface area (Å²) < 4.78 is 0. The molecular formula is C17H29N3. The van der Waals surface area contributed by atoms with Crippen LogP contribution in [0.1, 0.15) is 37.3 Å². The van der Waals surface area contributed by atoms with E-state index in [-0.39, 0.29) is 0 Å². The summed E-state index contributed by atoms with van der Waals surface area (Å²) in [5.74, 6) is 0.460. The highest BCUT2D eigenvalue weighted by molar-refractivity contribution is 5.25. The van der Waals surface area contributed by atoms with Crippen molar-refractivity contribution in [1.29, 1.82) is 0 Å². The summed E-state index contributed by atoms with van der Waals surface area (Å²) in [6, 6.07) is 9.00. The van der Waals surface area contributed by atoms with Crippen LogP contribution in [0.4, 0.5) is 0 Å². The third kappa shape index (κ3) is 4.30. The molecule has 0 radical (unpaired) electrons. The second kappa shape index (κ2) is 7.77. The Balaban J connectivity index is 1.82. The van der Waals surface area contributed by atoms with Crippen LogP contribution in [0.2, 0.25) is 0 Å². The van der Waals surface area contributed by atoms with Crippen LogP contribution in [0.5, 0.6) is 0 Å². The van der Waals surface area contributed by atoms with Crippen LogP contribution in [0.3, 0.4) is 0 Å². The van der Waals surface area contributed by atoms with E-state index in [9.17, 15) is 0 Å². The predicted octanol–water partition coefficient (Wildman–Crippen LogP) is 2.28. The van der Waals surface area contributed by atoms with Gasteiger partial charge in [0.05, 0.1) is 0 Å². The van der Waals surface area contributed by atoms with Gasteiger partial charge in [-0.3, -0.25) is 4.90 Å². The number of hydrogen-bond acceptors (Lipinski definition) is 3. The van der Waals surface area contributed by atoms with Gasteiger partial charge in [0.15, 0.2) is 0 Å². The molecule has 1 atom stereocenters. The summed E-state index contributed by atoms with van der Waals surface area (Å²) in [6.07, 6.45) is 1.26. The number of piperazine rings is 1. The van der Waals surface area contributed by atoms with Gasteiger partial charge in [0.25, 0.3) is 0 Å². The van der Waals surface area contributed by atoms with Gasteiger partial charge < -0.3 is 10.6 Å². The fourth-order valence-corrected chi connectivity index (χ4v) is 2.83. The summed E-state index contributed by atoms with van der Waals surface area (Å²) >= 11 is 0. The Bertz CT molecular complexity index is 380. The summed E-state index contributed by atoms with van der Waals surface area (Å²) in [5.41, 5.74) is 8.49. The van der Waals surface area contributed by atoms with Gasteiger partial charge in [-0.2, -0.15) is 0 Å². The summed E-state index contributed by atoms with van der Waals surface area (Å²) in [4.78, 5) is 5.13. The molecule has 0 spiro atoms. The Hall–Kier alpha value is -0.900. The lowest BCUT2D eigenvalue weighted by Gasteiger charge is -2.34. The van der Waals surface area contributed by atoms with Gasteiger partial charge in [-0.15, -0.1) is 0 Å². The zero-order chi connectivity index (χ0) is 14.4. The topological polar surface area (TPSA) is 32.5 Å². The molecule has 1 saturated heterocycles. The molecule has 0 saturated carbocycles. The molecule has 112 valence electrons. The van der Waals surface area contributed by atoms with E-state index in [2.05, 4.69) is 47.9 Å². The number of nitrogens with two attached hydrogens (primary N) is 1. The molecule has 0 amide bonds. The molecule has 20 heavy (non-hydrogen) atoms. The molecule has 3 heteroatoms. The van der Waals surface area contributed by atoms with E-state index in [0.717, 1.165) is 13.1 Å². The van der Waals surface area contributed by atoms with Crippen LogP contribution in [0.25, 0.3) is 0 Å². The molecule has 3 nitrogen and oxygen atoms in total. The van der Waals surface area contributed by atoms with Crippen molar-refractivity contribution in [3.05, 3.63) is 35.4 Å². The van der Waals surface area contributed by atoms with E-state index in [0.29, 0.717) is 5.92 Å². The third-order valence-corrected chi connectivity index (χ3v) is 4.31. The number of hydrogen-bond donors (Lipinski definition) is 1. The first-order valence-corrected chi connectivity index (χ1v) is 7.96. The Morgan fingerprint density at radius 2 is 1.65 bits per heavy atom. The van der Waals surface area contributed by atoms with Gasteiger partial charge in [-0.1, -0.05) is 38.1 Å². The molecule has 1 aliphatic heterocycles. The number of benzene rings is 1. The van der Waals surface area contributed by atoms with Crippen LogP contribution in [-0.4, -0.2) is 49.1 Å². The summed E-state index contributed by atoms with van der Waals surface area (Å²) in [7, 11) is 0. The van der Waals surface area contributed by atoms with E-state index in [1.165, 1.54) is 50.3 Å². The molecule has 1 fully saturated rings. The minimum absolute atomic E-state index is 0.460. The first kappa shape index (κ1) is 15.5. The molecule has 0 aliphatic carbocycles. The lowest BCUT2D eigenvalue weighted by atomic mass is 10.00. The maximum atomic E-state index is 5.72. The minimum Gasteiger partial charge on any atom is -0.330 e. The van der Waals surface area contributed by atoms with Crippen LogP contribution >= 0.6 is 0 Å². The van der Waals surface area contributed by atoms with E-state index in [1.54, 1.807) is 0 Å². The fourth-order valence-electron chi connectivity index (χ4n) is 2.83. The average molecular weight is 275 g/mol. The lowest BCUT2D eigenvalue weighted by molar-refractivity contribution is 0.127. The molecule has 0 aromatic heterocycles. The molecule has 1 aromatic carbocycles. The standard InChI is InChI=1S/C17H29N3/c1-3-8-19-9-11-20(12-10-19)14-16-4-6-17(7-5-16)15(2)13-18/h4-7,15H,3,8-14,18H2,1-2H3. The van der Waals surface area contributed by atoms with Crippen molar-refractivity contribution in [2.45, 2.75) is 32.7 Å². The zero-order valence-electron chi connectivity index (χ0n) is 13.0. The Labute approximate surface area is 123 Å². The normalized spacial score (nSPS) is 19.1. The first-order valence-electron chi connectivity index (χ1n) is 7.96. The van der Waals surface area contributed by atoms with Crippen molar-refractivity contribution in [3.8, 4) is 0 Å². The SMILES string of the molecule is CCCN1CCN(Cc2ccc(C(C)CN)cc2)CC1. The highest BCUT2D eigenvalue weighted by Crippen LogP contribution is 2.16. The van der Waals surface area contributed by atoms with Crippen molar-refractivity contribution in [2.75, 3.05) is 39.3 Å². The summed E-state index contributed by atoms with van der Waals surface area (Å²) in [5, 5.41) is 0. The second-order valence-corrected chi connectivity index (χ2v) is 6.00. The van der Waals surface area contributed by atoms with E-state index >= 15 is 0 Å². The minimum atomic E-state index is 0.460. The largest absolute Gasteiger partial charge is 0.330 e. The molecule has 1 heterocycles. The number of rotatable bonds is 6. The van der Waals surface area contributed by atoms with Crippen molar-refractivity contribution in [2.24, 2.45) is 5.73 Å². The van der Waals surface area contributed by atoms with E-state index in [4.69, 9.17) is 5.73 Å². The highest BCUT2D eigenvalue weighted by Gasteiger charge is 2.16. The maximum absolute atomic E-state index is 5.72. The Morgan fingerprint density at radius 1 is 1.05 bits per heavy atom. The monoisotopic (exact) mass is 275 g/mol. The van der Waals surface area contributed by atoms with Crippen molar-refractivity contribution < 1.29 is 0 Å². The lowest BCUT2D eigenvalue weighted by Crippen LogP contribution is -2.45. The highest BCUT2D eigenvalue weighted by atomic mass is 15.3. The molecule has 1 aromatic rings. The van der Waals surface area contributed by atoms with Gasteiger partial charge in [-0.25, -0.2) is 0 Å². The van der Waals surface area contributed by atoms with Crippen LogP contribution in [-0.2, 0) is 6.54 Å². The third-order valence-electron chi connectivity index (χ3n) is 4.31. The van der Waals surface area contributed by atoms with Crippen molar-refractivity contribution in [1.82, 2.24) is 9.80 Å². The average Bonchev–Trinajstić information content (AvgIpc) is 2.49. The molecule has 1 aliphatic rings. The zero-order valence-corrected chi connectivity index (χ0v) is 13.0. The van der Waals surface area contributed by atoms with Crippen LogP contribution < -0.4 is 5.73 Å². The first-order chi connectivity index (χ1) is 9.72. The predicted molar refractivity (Wildman–Crippen MR) is 85.9 cm³/mol. The van der Waals surface area contributed by atoms with Gasteiger partial charge in [0, 0.05) is 32.7 Å². The van der Waals surface area contributed by atoms with Gasteiger partial charge in [-0.05, 0) is 36.6 Å². The summed E-state index contributed by atoms with van der Waals surface area (Å²) in [6.45, 7) is 12.3. The molecule has 2 N–H and O–H groups in total. The maximum Gasteiger partial charge on any atom is 0.0234 e. The van der Waals surface area contributed by atoms with Gasteiger partial charge in [0.2, 0.25) is 0 Å². The Kier molecular flexibility index (Phi) is 6.02. The molecular weight excluding hydrogens is 246 g/mol. The fraction of sp³-hybridized carbons (Fsp3) is 0.647.